The lowest BCUT2D eigenvalue weighted by atomic mass is 10.0. The van der Waals surface area contributed by atoms with Crippen LogP contribution in [0.25, 0.3) is 0 Å². The van der Waals surface area contributed by atoms with Crippen LogP contribution in [0, 0.1) is 6.92 Å². The van der Waals surface area contributed by atoms with Gasteiger partial charge in [0.1, 0.15) is 0 Å². The van der Waals surface area contributed by atoms with E-state index in [1.165, 1.54) is 37.1 Å². The molecule has 0 unspecified atom stereocenters. The Balaban J connectivity index is 1.79. The minimum atomic E-state index is 0.705. The second kappa shape index (κ2) is 5.46. The van der Waals surface area contributed by atoms with Crippen molar-refractivity contribution in [3.63, 3.8) is 0 Å². The molecule has 2 rings (SSSR count). The number of hydrogen-bond donors (Lipinski definition) is 1. The zero-order chi connectivity index (χ0) is 11.4. The largest absolute Gasteiger partial charge is 0.310 e. The standard InChI is InChI=1S/C14H22N2/c1-12-4-3-5-13(10-12)11-15-14-6-8-16(2)9-7-14/h3-5,10,14-15H,6-9,11H2,1-2H3. The van der Waals surface area contributed by atoms with Gasteiger partial charge >= 0.3 is 0 Å². The lowest BCUT2D eigenvalue weighted by Crippen LogP contribution is -2.40. The summed E-state index contributed by atoms with van der Waals surface area (Å²) < 4.78 is 0. The number of aryl methyl sites for hydroxylation is 1. The average molecular weight is 218 g/mol. The maximum atomic E-state index is 3.66. The average Bonchev–Trinajstić information content (AvgIpc) is 2.28. The third-order valence-corrected chi connectivity index (χ3v) is 3.40. The monoisotopic (exact) mass is 218 g/mol. The van der Waals surface area contributed by atoms with Crippen LogP contribution in [0.1, 0.15) is 24.0 Å². The second-order valence-corrected chi connectivity index (χ2v) is 4.95. The summed E-state index contributed by atoms with van der Waals surface area (Å²) in [7, 11) is 2.21. The van der Waals surface area contributed by atoms with Gasteiger partial charge in [-0.15, -0.1) is 0 Å². The number of nitrogens with zero attached hydrogens (tertiary/aromatic N) is 1. The number of likely N-dealkylation sites (tertiary alicyclic amines) is 1. The van der Waals surface area contributed by atoms with Gasteiger partial charge in [-0.05, 0) is 45.5 Å². The summed E-state index contributed by atoms with van der Waals surface area (Å²) in [5.74, 6) is 0. The summed E-state index contributed by atoms with van der Waals surface area (Å²) in [6.45, 7) is 5.62. The van der Waals surface area contributed by atoms with Gasteiger partial charge in [-0.3, -0.25) is 0 Å². The maximum Gasteiger partial charge on any atom is 0.0208 e. The number of piperidine rings is 1. The van der Waals surface area contributed by atoms with E-state index in [2.05, 4.69) is 48.5 Å². The van der Waals surface area contributed by atoms with E-state index >= 15 is 0 Å². The fourth-order valence-corrected chi connectivity index (χ4v) is 2.30. The van der Waals surface area contributed by atoms with Gasteiger partial charge in [-0.2, -0.15) is 0 Å². The van der Waals surface area contributed by atoms with Crippen LogP contribution in [0.5, 0.6) is 0 Å². The molecule has 1 saturated heterocycles. The van der Waals surface area contributed by atoms with Crippen molar-refractivity contribution in [3.8, 4) is 0 Å². The third kappa shape index (κ3) is 3.32. The molecule has 0 spiro atoms. The molecule has 1 aromatic carbocycles. The van der Waals surface area contributed by atoms with Crippen molar-refractivity contribution in [2.45, 2.75) is 32.4 Å². The lowest BCUT2D eigenvalue weighted by Gasteiger charge is -2.29. The molecule has 2 nitrogen and oxygen atoms in total. The fourth-order valence-electron chi connectivity index (χ4n) is 2.30. The quantitative estimate of drug-likeness (QED) is 0.836. The first kappa shape index (κ1) is 11.6. The van der Waals surface area contributed by atoms with E-state index < -0.39 is 0 Å². The van der Waals surface area contributed by atoms with Crippen molar-refractivity contribution in [1.29, 1.82) is 0 Å². The van der Waals surface area contributed by atoms with Crippen LogP contribution in [-0.2, 0) is 6.54 Å². The molecular formula is C14H22N2. The molecule has 1 N–H and O–H groups in total. The molecule has 0 bridgehead atoms. The van der Waals surface area contributed by atoms with E-state index in [0.29, 0.717) is 6.04 Å². The molecule has 0 amide bonds. The number of hydrogen-bond acceptors (Lipinski definition) is 2. The van der Waals surface area contributed by atoms with Gasteiger partial charge in [0.2, 0.25) is 0 Å². The van der Waals surface area contributed by atoms with E-state index in [-0.39, 0.29) is 0 Å². The van der Waals surface area contributed by atoms with Crippen LogP contribution in [0.2, 0.25) is 0 Å². The van der Waals surface area contributed by atoms with E-state index in [1.807, 2.05) is 0 Å². The number of nitrogens with one attached hydrogen (secondary N) is 1. The van der Waals surface area contributed by atoms with Crippen LogP contribution in [0.15, 0.2) is 24.3 Å². The maximum absolute atomic E-state index is 3.66. The molecule has 0 aromatic heterocycles. The predicted octanol–water partition coefficient (Wildman–Crippen LogP) is 2.18. The van der Waals surface area contributed by atoms with Crippen molar-refractivity contribution < 1.29 is 0 Å². The fraction of sp³-hybridized carbons (Fsp3) is 0.571. The molecular weight excluding hydrogens is 196 g/mol. The van der Waals surface area contributed by atoms with E-state index in [9.17, 15) is 0 Å². The smallest absolute Gasteiger partial charge is 0.0208 e. The molecule has 2 heteroatoms. The number of benzene rings is 1. The number of rotatable bonds is 3. The van der Waals surface area contributed by atoms with Gasteiger partial charge in [0.05, 0.1) is 0 Å². The summed E-state index contributed by atoms with van der Waals surface area (Å²) >= 11 is 0. The first-order valence-corrected chi connectivity index (χ1v) is 6.21. The third-order valence-electron chi connectivity index (χ3n) is 3.40. The Labute approximate surface area is 98.7 Å². The Morgan fingerprint density at radius 2 is 2.06 bits per heavy atom. The minimum absolute atomic E-state index is 0.705. The summed E-state index contributed by atoms with van der Waals surface area (Å²) in [5, 5.41) is 3.66. The Kier molecular flexibility index (Phi) is 3.97. The molecule has 88 valence electrons. The van der Waals surface area contributed by atoms with Crippen LogP contribution >= 0.6 is 0 Å². The normalized spacial score (nSPS) is 18.9. The first-order chi connectivity index (χ1) is 7.74. The van der Waals surface area contributed by atoms with Gasteiger partial charge in [-0.25, -0.2) is 0 Å². The molecule has 1 heterocycles. The van der Waals surface area contributed by atoms with Gasteiger partial charge in [0.25, 0.3) is 0 Å². The topological polar surface area (TPSA) is 15.3 Å². The summed E-state index contributed by atoms with van der Waals surface area (Å²) in [6.07, 6.45) is 2.56. The molecule has 1 fully saturated rings. The van der Waals surface area contributed by atoms with Crippen molar-refractivity contribution >= 4 is 0 Å². The van der Waals surface area contributed by atoms with E-state index in [0.717, 1.165) is 6.54 Å². The molecule has 1 aliphatic rings. The van der Waals surface area contributed by atoms with Crippen LogP contribution < -0.4 is 5.32 Å². The molecule has 1 aromatic rings. The molecule has 1 aliphatic heterocycles. The van der Waals surface area contributed by atoms with Gasteiger partial charge < -0.3 is 10.2 Å². The highest BCUT2D eigenvalue weighted by Gasteiger charge is 2.15. The molecule has 0 aliphatic carbocycles. The molecule has 0 atom stereocenters. The molecule has 0 radical (unpaired) electrons. The Hall–Kier alpha value is -0.860. The van der Waals surface area contributed by atoms with Crippen molar-refractivity contribution in [2.75, 3.05) is 20.1 Å². The summed E-state index contributed by atoms with van der Waals surface area (Å²) in [5.41, 5.74) is 2.75. The van der Waals surface area contributed by atoms with E-state index in [1.54, 1.807) is 0 Å². The Morgan fingerprint density at radius 1 is 1.31 bits per heavy atom. The van der Waals surface area contributed by atoms with Crippen molar-refractivity contribution in [3.05, 3.63) is 35.4 Å². The Morgan fingerprint density at radius 3 is 2.75 bits per heavy atom. The predicted molar refractivity (Wildman–Crippen MR) is 68.5 cm³/mol. The highest BCUT2D eigenvalue weighted by atomic mass is 15.1. The van der Waals surface area contributed by atoms with Gasteiger partial charge in [-0.1, -0.05) is 29.8 Å². The Bertz CT molecular complexity index is 327. The zero-order valence-corrected chi connectivity index (χ0v) is 10.4. The first-order valence-electron chi connectivity index (χ1n) is 6.21. The van der Waals surface area contributed by atoms with Gasteiger partial charge in [0, 0.05) is 12.6 Å². The second-order valence-electron chi connectivity index (χ2n) is 4.95. The van der Waals surface area contributed by atoms with E-state index in [4.69, 9.17) is 0 Å². The van der Waals surface area contributed by atoms with Crippen LogP contribution in [-0.4, -0.2) is 31.1 Å². The molecule has 0 saturated carbocycles. The summed E-state index contributed by atoms with van der Waals surface area (Å²) in [6, 6.07) is 9.47. The highest BCUT2D eigenvalue weighted by Crippen LogP contribution is 2.10. The minimum Gasteiger partial charge on any atom is -0.310 e. The van der Waals surface area contributed by atoms with Crippen molar-refractivity contribution in [1.82, 2.24) is 10.2 Å². The lowest BCUT2D eigenvalue weighted by molar-refractivity contribution is 0.234. The van der Waals surface area contributed by atoms with Crippen molar-refractivity contribution in [2.24, 2.45) is 0 Å². The zero-order valence-electron chi connectivity index (χ0n) is 10.4. The van der Waals surface area contributed by atoms with Crippen LogP contribution in [0.4, 0.5) is 0 Å². The van der Waals surface area contributed by atoms with Gasteiger partial charge in [0.15, 0.2) is 0 Å². The van der Waals surface area contributed by atoms with Crippen LogP contribution in [0.3, 0.4) is 0 Å². The molecule has 16 heavy (non-hydrogen) atoms. The summed E-state index contributed by atoms with van der Waals surface area (Å²) in [4.78, 5) is 2.41. The SMILES string of the molecule is Cc1cccc(CNC2CCN(C)CC2)c1. The highest BCUT2D eigenvalue weighted by molar-refractivity contribution is 5.22.